The second kappa shape index (κ2) is 5.12. The molecule has 1 aromatic rings. The zero-order chi connectivity index (χ0) is 13.4. The number of halogens is 1. The first-order chi connectivity index (χ1) is 9.16. The van der Waals surface area contributed by atoms with E-state index in [9.17, 15) is 9.90 Å². The van der Waals surface area contributed by atoms with Gasteiger partial charge in [-0.15, -0.1) is 0 Å². The van der Waals surface area contributed by atoms with E-state index in [0.717, 1.165) is 17.9 Å². The highest BCUT2D eigenvalue weighted by Crippen LogP contribution is 2.38. The van der Waals surface area contributed by atoms with Crippen LogP contribution >= 0.6 is 11.6 Å². The zero-order valence-corrected chi connectivity index (χ0v) is 11.3. The number of benzene rings is 1. The Labute approximate surface area is 116 Å². The van der Waals surface area contributed by atoms with Crippen molar-refractivity contribution in [1.29, 1.82) is 0 Å². The van der Waals surface area contributed by atoms with Crippen LogP contribution in [0, 0.1) is 0 Å². The number of carbonyl (C=O) groups is 1. The molecule has 1 fully saturated rings. The van der Waals surface area contributed by atoms with Crippen molar-refractivity contribution in [3.05, 3.63) is 34.3 Å². The number of carboxylic acids is 1. The maximum Gasteiger partial charge on any atom is 0.323 e. The highest BCUT2D eigenvalue weighted by Gasteiger charge is 2.37. The normalized spacial score (nSPS) is 27.2. The van der Waals surface area contributed by atoms with Gasteiger partial charge < -0.3 is 9.84 Å². The summed E-state index contributed by atoms with van der Waals surface area (Å²) in [6.07, 6.45) is 1.92. The Morgan fingerprint density at radius 3 is 3.11 bits per heavy atom. The van der Waals surface area contributed by atoms with Crippen LogP contribution in [0.25, 0.3) is 0 Å². The molecular formula is C14H16ClNO3. The molecule has 4 nitrogen and oxygen atoms in total. The van der Waals surface area contributed by atoms with E-state index in [-0.39, 0.29) is 12.6 Å². The Balaban J connectivity index is 1.89. The summed E-state index contributed by atoms with van der Waals surface area (Å²) >= 11 is 6.01. The molecule has 3 rings (SSSR count). The average molecular weight is 282 g/mol. The predicted molar refractivity (Wildman–Crippen MR) is 71.5 cm³/mol. The van der Waals surface area contributed by atoms with Crippen LogP contribution in [0.2, 0.25) is 5.02 Å². The third-order valence-corrected chi connectivity index (χ3v) is 4.24. The van der Waals surface area contributed by atoms with Crippen molar-refractivity contribution in [2.75, 3.05) is 19.8 Å². The van der Waals surface area contributed by atoms with Crippen molar-refractivity contribution in [1.82, 2.24) is 4.90 Å². The number of rotatable bonds is 2. The lowest BCUT2D eigenvalue weighted by Crippen LogP contribution is -2.50. The van der Waals surface area contributed by atoms with Crippen molar-refractivity contribution < 1.29 is 14.6 Å². The second-order valence-corrected chi connectivity index (χ2v) is 5.50. The third kappa shape index (κ3) is 2.36. The molecule has 0 aromatic heterocycles. The van der Waals surface area contributed by atoms with Crippen molar-refractivity contribution in [3.8, 4) is 0 Å². The van der Waals surface area contributed by atoms with Crippen LogP contribution in [-0.2, 0) is 16.0 Å². The van der Waals surface area contributed by atoms with Gasteiger partial charge in [-0.2, -0.15) is 0 Å². The number of aryl methyl sites for hydroxylation is 1. The van der Waals surface area contributed by atoms with Gasteiger partial charge in [-0.3, -0.25) is 9.69 Å². The topological polar surface area (TPSA) is 49.8 Å². The maximum atomic E-state index is 11.3. The highest BCUT2D eigenvalue weighted by atomic mass is 35.5. The Morgan fingerprint density at radius 2 is 2.32 bits per heavy atom. The number of hydrogen-bond donors (Lipinski definition) is 1. The molecule has 0 bridgehead atoms. The minimum absolute atomic E-state index is 0.178. The van der Waals surface area contributed by atoms with Gasteiger partial charge in [0.25, 0.3) is 0 Å². The number of nitrogens with zero attached hydrogens (tertiary/aromatic N) is 1. The SMILES string of the molecule is O=C(O)C1COCCN1C1CCc2cc(Cl)ccc21. The molecule has 1 aliphatic carbocycles. The molecule has 0 saturated carbocycles. The number of hydrogen-bond acceptors (Lipinski definition) is 3. The molecule has 5 heteroatoms. The lowest BCUT2D eigenvalue weighted by Gasteiger charge is -2.37. The second-order valence-electron chi connectivity index (χ2n) is 5.06. The Hall–Kier alpha value is -1.10. The fourth-order valence-corrected chi connectivity index (χ4v) is 3.31. The number of ether oxygens (including phenoxy) is 1. The first-order valence-electron chi connectivity index (χ1n) is 6.51. The first-order valence-corrected chi connectivity index (χ1v) is 6.89. The smallest absolute Gasteiger partial charge is 0.323 e. The Morgan fingerprint density at radius 1 is 1.47 bits per heavy atom. The molecule has 0 radical (unpaired) electrons. The number of fused-ring (bicyclic) bond motifs is 1. The van der Waals surface area contributed by atoms with Crippen LogP contribution in [-0.4, -0.2) is 41.8 Å². The summed E-state index contributed by atoms with van der Waals surface area (Å²) in [5, 5.41) is 10.1. The molecule has 1 saturated heterocycles. The van der Waals surface area contributed by atoms with Gasteiger partial charge >= 0.3 is 5.97 Å². The van der Waals surface area contributed by atoms with Gasteiger partial charge in [-0.1, -0.05) is 17.7 Å². The van der Waals surface area contributed by atoms with Gasteiger partial charge in [0.05, 0.1) is 13.2 Å². The lowest BCUT2D eigenvalue weighted by molar-refractivity contribution is -0.151. The molecule has 19 heavy (non-hydrogen) atoms. The van der Waals surface area contributed by atoms with E-state index in [1.807, 2.05) is 18.2 Å². The molecule has 102 valence electrons. The Kier molecular flexibility index (Phi) is 3.48. The third-order valence-electron chi connectivity index (χ3n) is 4.01. The molecule has 0 amide bonds. The monoisotopic (exact) mass is 281 g/mol. The summed E-state index contributed by atoms with van der Waals surface area (Å²) in [7, 11) is 0. The van der Waals surface area contributed by atoms with Crippen molar-refractivity contribution >= 4 is 17.6 Å². The molecule has 1 aliphatic heterocycles. The van der Waals surface area contributed by atoms with Gasteiger partial charge in [-0.05, 0) is 36.1 Å². The molecule has 1 heterocycles. The predicted octanol–water partition coefficient (Wildman–Crippen LogP) is 2.11. The molecule has 1 aromatic carbocycles. The fraction of sp³-hybridized carbons (Fsp3) is 0.500. The van der Waals surface area contributed by atoms with E-state index >= 15 is 0 Å². The van der Waals surface area contributed by atoms with Gasteiger partial charge in [0.1, 0.15) is 6.04 Å². The van der Waals surface area contributed by atoms with Crippen LogP contribution in [0.5, 0.6) is 0 Å². The van der Waals surface area contributed by atoms with Crippen molar-refractivity contribution in [2.45, 2.75) is 24.9 Å². The van der Waals surface area contributed by atoms with E-state index in [4.69, 9.17) is 16.3 Å². The van der Waals surface area contributed by atoms with Crippen LogP contribution < -0.4 is 0 Å². The van der Waals surface area contributed by atoms with Gasteiger partial charge in [-0.25, -0.2) is 0 Å². The standard InChI is InChI=1S/C14H16ClNO3/c15-10-2-3-11-9(7-10)1-4-12(11)16-5-6-19-8-13(16)14(17)18/h2-3,7,12-13H,1,4-6,8H2,(H,17,18). The number of morpholine rings is 1. The summed E-state index contributed by atoms with van der Waals surface area (Å²) in [6, 6.07) is 5.55. The van der Waals surface area contributed by atoms with Crippen molar-refractivity contribution in [2.24, 2.45) is 0 Å². The average Bonchev–Trinajstić information content (AvgIpc) is 2.81. The van der Waals surface area contributed by atoms with E-state index in [1.165, 1.54) is 11.1 Å². The fourth-order valence-electron chi connectivity index (χ4n) is 3.11. The summed E-state index contributed by atoms with van der Waals surface area (Å²) in [4.78, 5) is 13.4. The van der Waals surface area contributed by atoms with Crippen LogP contribution in [0.1, 0.15) is 23.6 Å². The number of carboxylic acid groups (broad SMARTS) is 1. The van der Waals surface area contributed by atoms with E-state index in [2.05, 4.69) is 4.90 Å². The Bertz CT molecular complexity index is 505. The molecule has 2 unspecified atom stereocenters. The van der Waals surface area contributed by atoms with E-state index in [1.54, 1.807) is 0 Å². The minimum Gasteiger partial charge on any atom is -0.480 e. The summed E-state index contributed by atoms with van der Waals surface area (Å²) in [5.41, 5.74) is 2.46. The largest absolute Gasteiger partial charge is 0.480 e. The molecule has 1 N–H and O–H groups in total. The van der Waals surface area contributed by atoms with Crippen LogP contribution in [0.3, 0.4) is 0 Å². The van der Waals surface area contributed by atoms with Gasteiger partial charge in [0.15, 0.2) is 0 Å². The minimum atomic E-state index is -0.804. The van der Waals surface area contributed by atoms with Crippen LogP contribution in [0.4, 0.5) is 0 Å². The molecule has 2 atom stereocenters. The quantitative estimate of drug-likeness (QED) is 0.902. The molecule has 0 spiro atoms. The number of aliphatic carboxylic acids is 1. The maximum absolute atomic E-state index is 11.3. The van der Waals surface area contributed by atoms with Crippen LogP contribution in [0.15, 0.2) is 18.2 Å². The van der Waals surface area contributed by atoms with E-state index in [0.29, 0.717) is 13.2 Å². The molecular weight excluding hydrogens is 266 g/mol. The van der Waals surface area contributed by atoms with Gasteiger partial charge in [0.2, 0.25) is 0 Å². The summed E-state index contributed by atoms with van der Waals surface area (Å²) in [6.45, 7) is 1.54. The van der Waals surface area contributed by atoms with Gasteiger partial charge in [0, 0.05) is 17.6 Å². The van der Waals surface area contributed by atoms with E-state index < -0.39 is 12.0 Å². The molecule has 2 aliphatic rings. The highest BCUT2D eigenvalue weighted by molar-refractivity contribution is 6.30. The summed E-state index contributed by atoms with van der Waals surface area (Å²) in [5.74, 6) is -0.804. The first kappa shape index (κ1) is 12.9. The summed E-state index contributed by atoms with van der Waals surface area (Å²) < 4.78 is 5.30. The van der Waals surface area contributed by atoms with Crippen molar-refractivity contribution in [3.63, 3.8) is 0 Å². The zero-order valence-electron chi connectivity index (χ0n) is 10.5. The lowest BCUT2D eigenvalue weighted by atomic mass is 10.0.